The highest BCUT2D eigenvalue weighted by Gasteiger charge is 2.09. The molecule has 3 nitrogen and oxygen atoms in total. The SMILES string of the molecule is COc1ccc(C)cc1N=CCN1CCCC1. The number of aryl methyl sites for hydroxylation is 1. The summed E-state index contributed by atoms with van der Waals surface area (Å²) in [6.45, 7) is 5.42. The first kappa shape index (κ1) is 12.1. The lowest BCUT2D eigenvalue weighted by molar-refractivity contribution is 0.391. The fourth-order valence-electron chi connectivity index (χ4n) is 2.12. The van der Waals surface area contributed by atoms with Gasteiger partial charge in [0.2, 0.25) is 0 Å². The van der Waals surface area contributed by atoms with E-state index in [-0.39, 0.29) is 0 Å². The van der Waals surface area contributed by atoms with Crippen LogP contribution in [0.2, 0.25) is 0 Å². The van der Waals surface area contributed by atoms with E-state index in [2.05, 4.69) is 22.9 Å². The molecule has 1 aliphatic rings. The van der Waals surface area contributed by atoms with E-state index < -0.39 is 0 Å². The number of likely N-dealkylation sites (tertiary alicyclic amines) is 1. The number of rotatable bonds is 4. The van der Waals surface area contributed by atoms with Gasteiger partial charge in [0.25, 0.3) is 0 Å². The van der Waals surface area contributed by atoms with Gasteiger partial charge in [0.05, 0.1) is 7.11 Å². The third-order valence-corrected chi connectivity index (χ3v) is 3.10. The normalized spacial score (nSPS) is 16.8. The molecule has 0 unspecified atom stereocenters. The zero-order chi connectivity index (χ0) is 12.1. The second kappa shape index (κ2) is 5.82. The largest absolute Gasteiger partial charge is 0.494 e. The molecule has 0 amide bonds. The number of hydrogen-bond donors (Lipinski definition) is 0. The van der Waals surface area contributed by atoms with Crippen molar-refractivity contribution >= 4 is 11.9 Å². The summed E-state index contributed by atoms with van der Waals surface area (Å²) in [6.07, 6.45) is 4.63. The Labute approximate surface area is 103 Å². The monoisotopic (exact) mass is 232 g/mol. The molecule has 0 bridgehead atoms. The van der Waals surface area contributed by atoms with Crippen LogP contribution in [0.1, 0.15) is 18.4 Å². The highest BCUT2D eigenvalue weighted by molar-refractivity contribution is 5.68. The van der Waals surface area contributed by atoms with E-state index in [9.17, 15) is 0 Å². The van der Waals surface area contributed by atoms with Crippen LogP contribution < -0.4 is 4.74 Å². The minimum absolute atomic E-state index is 0.841. The van der Waals surface area contributed by atoms with Gasteiger partial charge in [0, 0.05) is 12.8 Å². The van der Waals surface area contributed by atoms with Crippen LogP contribution >= 0.6 is 0 Å². The molecule has 3 heteroatoms. The Bertz CT molecular complexity index is 395. The minimum atomic E-state index is 0.841. The Morgan fingerprint density at radius 2 is 2.12 bits per heavy atom. The average Bonchev–Trinajstić information content (AvgIpc) is 2.82. The number of ether oxygens (including phenoxy) is 1. The van der Waals surface area contributed by atoms with Crippen molar-refractivity contribution in [3.05, 3.63) is 23.8 Å². The van der Waals surface area contributed by atoms with E-state index in [1.807, 2.05) is 18.3 Å². The molecule has 2 rings (SSSR count). The van der Waals surface area contributed by atoms with Gasteiger partial charge in [0.15, 0.2) is 0 Å². The summed E-state index contributed by atoms with van der Waals surface area (Å²) < 4.78 is 5.30. The molecule has 0 N–H and O–H groups in total. The molecule has 1 aromatic carbocycles. The first-order valence-corrected chi connectivity index (χ1v) is 6.19. The van der Waals surface area contributed by atoms with Gasteiger partial charge in [-0.15, -0.1) is 0 Å². The number of nitrogens with zero attached hydrogens (tertiary/aromatic N) is 2. The number of hydrogen-bond acceptors (Lipinski definition) is 3. The molecule has 1 saturated heterocycles. The van der Waals surface area contributed by atoms with Gasteiger partial charge in [-0.2, -0.15) is 0 Å². The highest BCUT2D eigenvalue weighted by Crippen LogP contribution is 2.27. The van der Waals surface area contributed by atoms with Crippen LogP contribution in [0, 0.1) is 6.92 Å². The molecular formula is C14H20N2O. The number of benzene rings is 1. The van der Waals surface area contributed by atoms with Gasteiger partial charge in [0.1, 0.15) is 11.4 Å². The summed E-state index contributed by atoms with van der Waals surface area (Å²) in [5.41, 5.74) is 2.13. The Kier molecular flexibility index (Phi) is 4.15. The van der Waals surface area contributed by atoms with E-state index in [0.29, 0.717) is 0 Å². The molecule has 0 spiro atoms. The van der Waals surface area contributed by atoms with E-state index in [1.165, 1.54) is 31.5 Å². The molecule has 0 aromatic heterocycles. The van der Waals surface area contributed by atoms with Gasteiger partial charge in [-0.25, -0.2) is 0 Å². The topological polar surface area (TPSA) is 24.8 Å². The lowest BCUT2D eigenvalue weighted by atomic mass is 10.2. The maximum absolute atomic E-state index is 5.30. The van der Waals surface area contributed by atoms with Crippen molar-refractivity contribution in [2.24, 2.45) is 4.99 Å². The van der Waals surface area contributed by atoms with Crippen LogP contribution in [0.3, 0.4) is 0 Å². The molecule has 17 heavy (non-hydrogen) atoms. The first-order valence-electron chi connectivity index (χ1n) is 6.19. The van der Waals surface area contributed by atoms with Crippen molar-refractivity contribution in [2.45, 2.75) is 19.8 Å². The molecule has 1 aliphatic heterocycles. The van der Waals surface area contributed by atoms with Crippen LogP contribution in [0.15, 0.2) is 23.2 Å². The Morgan fingerprint density at radius 1 is 1.35 bits per heavy atom. The van der Waals surface area contributed by atoms with Crippen molar-refractivity contribution in [1.29, 1.82) is 0 Å². The van der Waals surface area contributed by atoms with Crippen LogP contribution in [-0.4, -0.2) is 37.9 Å². The third kappa shape index (κ3) is 3.30. The smallest absolute Gasteiger partial charge is 0.144 e. The second-order valence-electron chi connectivity index (χ2n) is 4.49. The molecular weight excluding hydrogens is 212 g/mol. The maximum atomic E-state index is 5.30. The van der Waals surface area contributed by atoms with Crippen LogP contribution in [-0.2, 0) is 0 Å². The highest BCUT2D eigenvalue weighted by atomic mass is 16.5. The van der Waals surface area contributed by atoms with Crippen molar-refractivity contribution in [3.8, 4) is 5.75 Å². The molecule has 0 radical (unpaired) electrons. The van der Waals surface area contributed by atoms with Gasteiger partial charge in [-0.1, -0.05) is 6.07 Å². The molecule has 0 aliphatic carbocycles. The Hall–Kier alpha value is -1.35. The van der Waals surface area contributed by atoms with Gasteiger partial charge < -0.3 is 4.74 Å². The summed E-state index contributed by atoms with van der Waals surface area (Å²) in [5.74, 6) is 0.841. The molecule has 1 fully saturated rings. The molecule has 0 atom stereocenters. The van der Waals surface area contributed by atoms with Crippen molar-refractivity contribution in [3.63, 3.8) is 0 Å². The van der Waals surface area contributed by atoms with Gasteiger partial charge in [-0.05, 0) is 50.6 Å². The summed E-state index contributed by atoms with van der Waals surface area (Å²) in [6, 6.07) is 6.06. The first-order chi connectivity index (χ1) is 8.29. The van der Waals surface area contributed by atoms with Crippen molar-refractivity contribution in [2.75, 3.05) is 26.7 Å². The summed E-state index contributed by atoms with van der Waals surface area (Å²) >= 11 is 0. The third-order valence-electron chi connectivity index (χ3n) is 3.10. The summed E-state index contributed by atoms with van der Waals surface area (Å²) in [5, 5.41) is 0. The minimum Gasteiger partial charge on any atom is -0.494 e. The van der Waals surface area contributed by atoms with Crippen LogP contribution in [0.5, 0.6) is 5.75 Å². The van der Waals surface area contributed by atoms with Gasteiger partial charge >= 0.3 is 0 Å². The van der Waals surface area contributed by atoms with Crippen LogP contribution in [0.4, 0.5) is 5.69 Å². The van der Waals surface area contributed by atoms with Gasteiger partial charge in [-0.3, -0.25) is 9.89 Å². The fraction of sp³-hybridized carbons (Fsp3) is 0.500. The van der Waals surface area contributed by atoms with Crippen molar-refractivity contribution < 1.29 is 4.74 Å². The predicted molar refractivity (Wildman–Crippen MR) is 71.6 cm³/mol. The molecule has 1 heterocycles. The Balaban J connectivity index is 2.00. The average molecular weight is 232 g/mol. The van der Waals surface area contributed by atoms with Crippen molar-refractivity contribution in [1.82, 2.24) is 4.90 Å². The zero-order valence-corrected chi connectivity index (χ0v) is 10.6. The number of methoxy groups -OCH3 is 1. The number of aliphatic imine (C=N–C) groups is 1. The standard InChI is InChI=1S/C14H20N2O/c1-12-5-6-14(17-2)13(11-12)15-7-10-16-8-3-4-9-16/h5-7,11H,3-4,8-10H2,1-2H3. The predicted octanol–water partition coefficient (Wildman–Crippen LogP) is 2.80. The van der Waals surface area contributed by atoms with E-state index in [4.69, 9.17) is 4.74 Å². The van der Waals surface area contributed by atoms with E-state index in [1.54, 1.807) is 7.11 Å². The molecule has 92 valence electrons. The Morgan fingerprint density at radius 3 is 2.82 bits per heavy atom. The van der Waals surface area contributed by atoms with E-state index >= 15 is 0 Å². The second-order valence-corrected chi connectivity index (χ2v) is 4.49. The van der Waals surface area contributed by atoms with Crippen LogP contribution in [0.25, 0.3) is 0 Å². The lowest BCUT2D eigenvalue weighted by Gasteiger charge is -2.10. The summed E-state index contributed by atoms with van der Waals surface area (Å²) in [4.78, 5) is 6.93. The quantitative estimate of drug-likeness (QED) is 0.746. The van der Waals surface area contributed by atoms with E-state index in [0.717, 1.165) is 18.0 Å². The lowest BCUT2D eigenvalue weighted by Crippen LogP contribution is -2.21. The fourth-order valence-corrected chi connectivity index (χ4v) is 2.12. The molecule has 1 aromatic rings. The zero-order valence-electron chi connectivity index (χ0n) is 10.6. The maximum Gasteiger partial charge on any atom is 0.144 e. The summed E-state index contributed by atoms with van der Waals surface area (Å²) in [7, 11) is 1.68. The molecule has 0 saturated carbocycles.